The maximum atomic E-state index is 13.0. The second-order valence-corrected chi connectivity index (χ2v) is 3.36. The Hall–Kier alpha value is -0.970. The summed E-state index contributed by atoms with van der Waals surface area (Å²) >= 11 is 4.66. The Kier molecular flexibility index (Phi) is 2.89. The van der Waals surface area contributed by atoms with E-state index in [1.807, 2.05) is 0 Å². The third-order valence-corrected chi connectivity index (χ3v) is 1.90. The number of halogens is 4. The molecule has 0 aliphatic carbocycles. The van der Waals surface area contributed by atoms with Crippen molar-refractivity contribution in [3.8, 4) is 0 Å². The normalized spacial score (nSPS) is 11.5. The van der Waals surface area contributed by atoms with Crippen LogP contribution in [0, 0.1) is 5.82 Å². The van der Waals surface area contributed by atoms with Crippen LogP contribution < -0.4 is 0 Å². The topological polar surface area (TPSA) is 0 Å². The highest BCUT2D eigenvalue weighted by molar-refractivity contribution is 7.80. The number of hydrogen-bond donors (Lipinski definition) is 0. The van der Waals surface area contributed by atoms with Crippen molar-refractivity contribution in [2.45, 2.75) is 13.1 Å². The Morgan fingerprint density at radius 1 is 1.29 bits per heavy atom. The molecule has 0 atom stereocenters. The van der Waals surface area contributed by atoms with Crippen LogP contribution in [-0.2, 0) is 6.18 Å². The summed E-state index contributed by atoms with van der Waals surface area (Å²) in [4.78, 5) is 0.233. The molecule has 0 spiro atoms. The van der Waals surface area contributed by atoms with E-state index >= 15 is 0 Å². The summed E-state index contributed by atoms with van der Waals surface area (Å²) in [5, 5.41) is 0. The van der Waals surface area contributed by atoms with Gasteiger partial charge >= 0.3 is 6.18 Å². The van der Waals surface area contributed by atoms with Crippen LogP contribution in [-0.4, -0.2) is 4.86 Å². The van der Waals surface area contributed by atoms with Crippen LogP contribution in [0.25, 0.3) is 0 Å². The van der Waals surface area contributed by atoms with E-state index in [1.165, 1.54) is 6.92 Å². The van der Waals surface area contributed by atoms with E-state index in [9.17, 15) is 17.6 Å². The number of benzene rings is 1. The van der Waals surface area contributed by atoms with Crippen LogP contribution in [0.3, 0.4) is 0 Å². The van der Waals surface area contributed by atoms with Gasteiger partial charge in [-0.3, -0.25) is 0 Å². The second kappa shape index (κ2) is 3.65. The highest BCUT2D eigenvalue weighted by Crippen LogP contribution is 2.30. The Bertz CT molecular complexity index is 368. The minimum Gasteiger partial charge on any atom is -0.206 e. The van der Waals surface area contributed by atoms with Gasteiger partial charge in [-0.15, -0.1) is 0 Å². The van der Waals surface area contributed by atoms with Crippen LogP contribution in [0.2, 0.25) is 0 Å². The largest absolute Gasteiger partial charge is 0.416 e. The predicted octanol–water partition coefficient (Wildman–Crippen LogP) is 3.58. The first-order valence-corrected chi connectivity index (χ1v) is 4.11. The highest BCUT2D eigenvalue weighted by Gasteiger charge is 2.31. The minimum atomic E-state index is -4.52. The summed E-state index contributed by atoms with van der Waals surface area (Å²) in [5.41, 5.74) is -0.969. The first kappa shape index (κ1) is 11.1. The molecule has 1 aromatic carbocycles. The molecule has 1 aromatic rings. The van der Waals surface area contributed by atoms with Crippen molar-refractivity contribution in [2.75, 3.05) is 0 Å². The van der Waals surface area contributed by atoms with Crippen molar-refractivity contribution in [2.24, 2.45) is 0 Å². The average molecular weight is 222 g/mol. The molecule has 0 amide bonds. The van der Waals surface area contributed by atoms with Gasteiger partial charge in [-0.25, -0.2) is 4.39 Å². The lowest BCUT2D eigenvalue weighted by Gasteiger charge is -2.08. The molecule has 14 heavy (non-hydrogen) atoms. The lowest BCUT2D eigenvalue weighted by Crippen LogP contribution is -2.07. The second-order valence-electron chi connectivity index (χ2n) is 2.75. The fourth-order valence-corrected chi connectivity index (χ4v) is 1.14. The zero-order valence-electron chi connectivity index (χ0n) is 7.15. The summed E-state index contributed by atoms with van der Waals surface area (Å²) < 4.78 is 49.3. The fourth-order valence-electron chi connectivity index (χ4n) is 0.977. The van der Waals surface area contributed by atoms with Gasteiger partial charge in [0.05, 0.1) is 5.56 Å². The standard InChI is InChI=1S/C9H6F4S/c1-5(14)7-3-2-6(4-8(7)10)9(11,12)13/h2-4H,1H3. The molecule has 0 radical (unpaired) electrons. The molecule has 0 bridgehead atoms. The highest BCUT2D eigenvalue weighted by atomic mass is 32.1. The van der Waals surface area contributed by atoms with Crippen LogP contribution in [0.4, 0.5) is 17.6 Å². The smallest absolute Gasteiger partial charge is 0.206 e. The Labute approximate surface area is 83.5 Å². The lowest BCUT2D eigenvalue weighted by molar-refractivity contribution is -0.137. The molecule has 5 heteroatoms. The Morgan fingerprint density at radius 3 is 2.21 bits per heavy atom. The van der Waals surface area contributed by atoms with Crippen molar-refractivity contribution < 1.29 is 17.6 Å². The van der Waals surface area contributed by atoms with Crippen LogP contribution >= 0.6 is 12.2 Å². The molecule has 76 valence electrons. The molecule has 0 nitrogen and oxygen atoms in total. The van der Waals surface area contributed by atoms with Crippen LogP contribution in [0.5, 0.6) is 0 Å². The zero-order valence-corrected chi connectivity index (χ0v) is 7.97. The van der Waals surface area contributed by atoms with Crippen molar-refractivity contribution in [1.29, 1.82) is 0 Å². The Morgan fingerprint density at radius 2 is 1.86 bits per heavy atom. The van der Waals surface area contributed by atoms with Gasteiger partial charge in [-0.05, 0) is 19.1 Å². The van der Waals surface area contributed by atoms with E-state index < -0.39 is 17.6 Å². The van der Waals surface area contributed by atoms with Gasteiger partial charge in [0.15, 0.2) is 0 Å². The first-order valence-electron chi connectivity index (χ1n) is 3.70. The summed E-state index contributed by atoms with van der Waals surface area (Å²) in [5.74, 6) is -0.938. The molecule has 0 aromatic heterocycles. The molecule has 1 rings (SSSR count). The number of thiocarbonyl (C=S) groups is 1. The van der Waals surface area contributed by atoms with Gasteiger partial charge in [0.2, 0.25) is 0 Å². The zero-order chi connectivity index (χ0) is 10.9. The summed E-state index contributed by atoms with van der Waals surface area (Å²) in [7, 11) is 0. The average Bonchev–Trinajstić information content (AvgIpc) is 2.01. The summed E-state index contributed by atoms with van der Waals surface area (Å²) in [6, 6.07) is 2.31. The van der Waals surface area contributed by atoms with Gasteiger partial charge in [0.25, 0.3) is 0 Å². The molecule has 0 aliphatic rings. The molecule has 0 heterocycles. The van der Waals surface area contributed by atoms with Crippen molar-refractivity contribution in [1.82, 2.24) is 0 Å². The van der Waals surface area contributed by atoms with Gasteiger partial charge in [-0.1, -0.05) is 18.3 Å². The van der Waals surface area contributed by atoms with Crippen LogP contribution in [0.1, 0.15) is 18.1 Å². The van der Waals surface area contributed by atoms with E-state index in [0.29, 0.717) is 6.07 Å². The van der Waals surface area contributed by atoms with E-state index in [1.54, 1.807) is 0 Å². The van der Waals surface area contributed by atoms with E-state index in [-0.39, 0.29) is 10.4 Å². The third kappa shape index (κ3) is 2.29. The number of alkyl halides is 3. The van der Waals surface area contributed by atoms with Crippen LogP contribution in [0.15, 0.2) is 18.2 Å². The van der Waals surface area contributed by atoms with Gasteiger partial charge in [0.1, 0.15) is 5.82 Å². The number of hydrogen-bond acceptors (Lipinski definition) is 1. The monoisotopic (exact) mass is 222 g/mol. The van der Waals surface area contributed by atoms with Gasteiger partial charge < -0.3 is 0 Å². The molecular formula is C9H6F4S. The van der Waals surface area contributed by atoms with Crippen molar-refractivity contribution in [3.05, 3.63) is 35.1 Å². The fraction of sp³-hybridized carbons (Fsp3) is 0.222. The van der Waals surface area contributed by atoms with Crippen molar-refractivity contribution in [3.63, 3.8) is 0 Å². The predicted molar refractivity (Wildman–Crippen MR) is 48.8 cm³/mol. The summed E-state index contributed by atoms with van der Waals surface area (Å²) in [6.07, 6.45) is -4.52. The van der Waals surface area contributed by atoms with Gasteiger partial charge in [0, 0.05) is 10.4 Å². The number of rotatable bonds is 1. The molecule has 0 aliphatic heterocycles. The SMILES string of the molecule is CC(=S)c1ccc(C(F)(F)F)cc1F. The molecule has 0 N–H and O–H groups in total. The first-order chi connectivity index (χ1) is 6.32. The van der Waals surface area contributed by atoms with E-state index in [0.717, 1.165) is 12.1 Å². The van der Waals surface area contributed by atoms with Crippen molar-refractivity contribution >= 4 is 17.1 Å². The quantitative estimate of drug-likeness (QED) is 0.397. The molecule has 0 fully saturated rings. The van der Waals surface area contributed by atoms with Gasteiger partial charge in [-0.2, -0.15) is 13.2 Å². The minimum absolute atomic E-state index is 0.0352. The van der Waals surface area contributed by atoms with E-state index in [2.05, 4.69) is 12.2 Å². The maximum Gasteiger partial charge on any atom is 0.416 e. The lowest BCUT2D eigenvalue weighted by atomic mass is 10.1. The summed E-state index contributed by atoms with van der Waals surface area (Å²) in [6.45, 7) is 1.46. The van der Waals surface area contributed by atoms with E-state index in [4.69, 9.17) is 0 Å². The molecule has 0 saturated heterocycles. The third-order valence-electron chi connectivity index (χ3n) is 1.68. The maximum absolute atomic E-state index is 13.0. The molecular weight excluding hydrogens is 216 g/mol. The molecule has 0 saturated carbocycles. The molecule has 0 unspecified atom stereocenters. The Balaban J connectivity index is 3.20.